The van der Waals surface area contributed by atoms with Gasteiger partial charge in [0.25, 0.3) is 0 Å². The average Bonchev–Trinajstić information content (AvgIpc) is 2.80. The molecular formula is C13H17N. The van der Waals surface area contributed by atoms with Gasteiger partial charge in [-0.3, -0.25) is 0 Å². The number of fused-ring (bicyclic) bond motifs is 3. The van der Waals surface area contributed by atoms with Crippen LogP contribution in [0.15, 0.2) is 30.3 Å². The van der Waals surface area contributed by atoms with Crippen LogP contribution in [-0.2, 0) is 13.0 Å². The van der Waals surface area contributed by atoms with Crippen molar-refractivity contribution in [3.05, 3.63) is 36.0 Å². The summed E-state index contributed by atoms with van der Waals surface area (Å²) in [5.74, 6) is 0. The Bertz CT molecular complexity index is 426. The molecule has 0 atom stereocenters. The fraction of sp³-hybridized carbons (Fsp3) is 0.385. The molecule has 0 saturated carbocycles. The van der Waals surface area contributed by atoms with Gasteiger partial charge < -0.3 is 4.57 Å². The Morgan fingerprint density at radius 3 is 2.79 bits per heavy atom. The van der Waals surface area contributed by atoms with E-state index in [1.165, 1.54) is 36.0 Å². The van der Waals surface area contributed by atoms with Gasteiger partial charge in [0.05, 0.1) is 0 Å². The Kier molecular flexibility index (Phi) is 2.58. The summed E-state index contributed by atoms with van der Waals surface area (Å²) in [6.07, 6.45) is 2.58. The van der Waals surface area contributed by atoms with E-state index in [4.69, 9.17) is 0 Å². The third-order valence-electron chi connectivity index (χ3n) is 2.71. The molecule has 0 radical (unpaired) electrons. The lowest BCUT2D eigenvalue weighted by molar-refractivity contribution is 0.772. The van der Waals surface area contributed by atoms with Crippen molar-refractivity contribution in [2.75, 3.05) is 0 Å². The van der Waals surface area contributed by atoms with Gasteiger partial charge in [-0.25, -0.2) is 0 Å². The fourth-order valence-electron chi connectivity index (χ4n) is 2.16. The molecule has 2 heterocycles. The highest BCUT2D eigenvalue weighted by Gasteiger charge is 2.12. The Labute approximate surface area is 85.4 Å². The number of aromatic nitrogens is 1. The van der Waals surface area contributed by atoms with Crippen LogP contribution in [0, 0.1) is 0 Å². The molecule has 14 heavy (non-hydrogen) atoms. The van der Waals surface area contributed by atoms with Crippen molar-refractivity contribution in [3.8, 4) is 0 Å². The Hall–Kier alpha value is -1.24. The SMILES string of the molecule is CC.c1ccc2c(c1)cc1n2CCC1. The normalized spacial score (nSPS) is 13.6. The molecule has 1 aromatic carbocycles. The van der Waals surface area contributed by atoms with Crippen LogP contribution in [0.25, 0.3) is 10.9 Å². The van der Waals surface area contributed by atoms with Gasteiger partial charge in [-0.1, -0.05) is 32.0 Å². The highest BCUT2D eigenvalue weighted by atomic mass is 15.0. The molecule has 0 unspecified atom stereocenters. The summed E-state index contributed by atoms with van der Waals surface area (Å²) in [4.78, 5) is 0. The van der Waals surface area contributed by atoms with E-state index in [-0.39, 0.29) is 0 Å². The first-order valence-electron chi connectivity index (χ1n) is 5.52. The van der Waals surface area contributed by atoms with E-state index in [1.807, 2.05) is 13.8 Å². The number of hydrogen-bond donors (Lipinski definition) is 0. The van der Waals surface area contributed by atoms with Crippen molar-refractivity contribution in [1.29, 1.82) is 0 Å². The molecule has 3 rings (SSSR count). The van der Waals surface area contributed by atoms with Crippen molar-refractivity contribution < 1.29 is 0 Å². The monoisotopic (exact) mass is 187 g/mol. The summed E-state index contributed by atoms with van der Waals surface area (Å²) in [5, 5.41) is 1.40. The second-order valence-electron chi connectivity index (χ2n) is 3.45. The van der Waals surface area contributed by atoms with Gasteiger partial charge in [-0.2, -0.15) is 0 Å². The molecule has 0 aliphatic carbocycles. The van der Waals surface area contributed by atoms with Crippen LogP contribution in [0.5, 0.6) is 0 Å². The van der Waals surface area contributed by atoms with Gasteiger partial charge in [-0.05, 0) is 30.4 Å². The molecule has 1 aliphatic rings. The van der Waals surface area contributed by atoms with Gasteiger partial charge in [-0.15, -0.1) is 0 Å². The number of para-hydroxylation sites is 1. The quantitative estimate of drug-likeness (QED) is 0.593. The molecule has 0 saturated heterocycles. The predicted molar refractivity (Wildman–Crippen MR) is 61.6 cm³/mol. The van der Waals surface area contributed by atoms with Crippen LogP contribution >= 0.6 is 0 Å². The molecule has 0 bridgehead atoms. The molecule has 0 fully saturated rings. The summed E-state index contributed by atoms with van der Waals surface area (Å²) >= 11 is 0. The second-order valence-corrected chi connectivity index (χ2v) is 3.45. The maximum atomic E-state index is 2.44. The number of rotatable bonds is 0. The maximum Gasteiger partial charge on any atom is 0.0482 e. The van der Waals surface area contributed by atoms with Crippen LogP contribution in [0.2, 0.25) is 0 Å². The van der Waals surface area contributed by atoms with Crippen LogP contribution in [0.1, 0.15) is 26.0 Å². The molecule has 1 nitrogen and oxygen atoms in total. The lowest BCUT2D eigenvalue weighted by Gasteiger charge is -1.97. The summed E-state index contributed by atoms with van der Waals surface area (Å²) < 4.78 is 2.44. The predicted octanol–water partition coefficient (Wildman–Crippen LogP) is 3.61. The third kappa shape index (κ3) is 1.33. The molecule has 2 aromatic rings. The number of hydrogen-bond acceptors (Lipinski definition) is 0. The van der Waals surface area contributed by atoms with Crippen molar-refractivity contribution in [2.45, 2.75) is 33.2 Å². The van der Waals surface area contributed by atoms with E-state index in [0.717, 1.165) is 0 Å². The number of benzene rings is 1. The minimum Gasteiger partial charge on any atom is -0.345 e. The van der Waals surface area contributed by atoms with E-state index in [9.17, 15) is 0 Å². The van der Waals surface area contributed by atoms with Crippen LogP contribution in [0.4, 0.5) is 0 Å². The fourth-order valence-corrected chi connectivity index (χ4v) is 2.16. The van der Waals surface area contributed by atoms with Gasteiger partial charge in [0.2, 0.25) is 0 Å². The van der Waals surface area contributed by atoms with Crippen molar-refractivity contribution >= 4 is 10.9 Å². The zero-order valence-electron chi connectivity index (χ0n) is 8.96. The summed E-state index contributed by atoms with van der Waals surface area (Å²) in [5.41, 5.74) is 2.92. The minimum atomic E-state index is 1.21. The Morgan fingerprint density at radius 2 is 1.93 bits per heavy atom. The largest absolute Gasteiger partial charge is 0.345 e. The smallest absolute Gasteiger partial charge is 0.0482 e. The zero-order chi connectivity index (χ0) is 9.97. The molecular weight excluding hydrogens is 170 g/mol. The topological polar surface area (TPSA) is 4.93 Å². The first-order valence-corrected chi connectivity index (χ1v) is 5.52. The highest BCUT2D eigenvalue weighted by Crippen LogP contribution is 2.25. The standard InChI is InChI=1S/C11H11N.C2H6/c1-2-6-11-9(4-1)8-10-5-3-7-12(10)11;1-2/h1-2,4,6,8H,3,5,7H2;1-2H3. The molecule has 0 N–H and O–H groups in total. The maximum absolute atomic E-state index is 2.44. The third-order valence-corrected chi connectivity index (χ3v) is 2.71. The van der Waals surface area contributed by atoms with Gasteiger partial charge in [0.1, 0.15) is 0 Å². The summed E-state index contributed by atoms with van der Waals surface area (Å²) in [7, 11) is 0. The molecule has 0 spiro atoms. The second kappa shape index (κ2) is 3.87. The van der Waals surface area contributed by atoms with Gasteiger partial charge in [0, 0.05) is 17.8 Å². The van der Waals surface area contributed by atoms with E-state index >= 15 is 0 Å². The lowest BCUT2D eigenvalue weighted by atomic mass is 10.2. The Balaban J connectivity index is 0.000000354. The Morgan fingerprint density at radius 1 is 1.14 bits per heavy atom. The van der Waals surface area contributed by atoms with Gasteiger partial charge in [0.15, 0.2) is 0 Å². The van der Waals surface area contributed by atoms with E-state index in [2.05, 4.69) is 34.9 Å². The van der Waals surface area contributed by atoms with E-state index in [0.29, 0.717) is 0 Å². The van der Waals surface area contributed by atoms with E-state index < -0.39 is 0 Å². The molecule has 1 aliphatic heterocycles. The first kappa shape index (κ1) is 9.32. The van der Waals surface area contributed by atoms with Gasteiger partial charge >= 0.3 is 0 Å². The van der Waals surface area contributed by atoms with E-state index in [1.54, 1.807) is 0 Å². The van der Waals surface area contributed by atoms with Crippen molar-refractivity contribution in [3.63, 3.8) is 0 Å². The van der Waals surface area contributed by atoms with Crippen molar-refractivity contribution in [2.24, 2.45) is 0 Å². The summed E-state index contributed by atoms with van der Waals surface area (Å²) in [6, 6.07) is 11.0. The van der Waals surface area contributed by atoms with Crippen LogP contribution < -0.4 is 0 Å². The highest BCUT2D eigenvalue weighted by molar-refractivity contribution is 5.81. The molecule has 1 aromatic heterocycles. The van der Waals surface area contributed by atoms with Crippen LogP contribution in [0.3, 0.4) is 0 Å². The first-order chi connectivity index (χ1) is 6.95. The molecule has 74 valence electrons. The zero-order valence-corrected chi connectivity index (χ0v) is 8.96. The summed E-state index contributed by atoms with van der Waals surface area (Å²) in [6.45, 7) is 5.21. The average molecular weight is 187 g/mol. The number of nitrogens with zero attached hydrogens (tertiary/aromatic N) is 1. The molecule has 0 amide bonds. The van der Waals surface area contributed by atoms with Crippen LogP contribution in [-0.4, -0.2) is 4.57 Å². The molecule has 1 heteroatoms. The number of aryl methyl sites for hydroxylation is 2. The lowest BCUT2D eigenvalue weighted by Crippen LogP contribution is -1.89. The minimum absolute atomic E-state index is 1.21. The van der Waals surface area contributed by atoms with Crippen molar-refractivity contribution in [1.82, 2.24) is 4.57 Å².